The normalized spacial score (nSPS) is 27.6. The maximum atomic E-state index is 3.70. The number of hydrogen-bond donors (Lipinski definition) is 1. The van der Waals surface area contributed by atoms with E-state index < -0.39 is 0 Å². The molecule has 0 aromatic carbocycles. The Kier molecular flexibility index (Phi) is 6.12. The Morgan fingerprint density at radius 3 is 2.88 bits per heavy atom. The van der Waals surface area contributed by atoms with Crippen molar-refractivity contribution in [3.05, 3.63) is 11.6 Å². The van der Waals surface area contributed by atoms with Gasteiger partial charge in [-0.1, -0.05) is 38.3 Å². The molecule has 0 radical (unpaired) electrons. The second-order valence-electron chi connectivity index (χ2n) is 5.75. The van der Waals surface area contributed by atoms with Crippen LogP contribution in [-0.4, -0.2) is 12.6 Å². The molecule has 16 heavy (non-hydrogen) atoms. The molecule has 0 aromatic rings. The molecule has 0 heterocycles. The SMILES string of the molecule is CCCCC(C)NCC1CC(C)=CC(C)C1. The lowest BCUT2D eigenvalue weighted by atomic mass is 9.83. The summed E-state index contributed by atoms with van der Waals surface area (Å²) in [4.78, 5) is 0. The Bertz CT molecular complexity index is 219. The summed E-state index contributed by atoms with van der Waals surface area (Å²) in [5.74, 6) is 1.65. The van der Waals surface area contributed by atoms with E-state index in [9.17, 15) is 0 Å². The molecule has 1 aliphatic rings. The average Bonchev–Trinajstić information content (AvgIpc) is 2.22. The molecule has 0 saturated heterocycles. The predicted octanol–water partition coefficient (Wildman–Crippen LogP) is 4.15. The zero-order chi connectivity index (χ0) is 12.0. The molecule has 1 aliphatic carbocycles. The van der Waals surface area contributed by atoms with Crippen LogP contribution in [0.2, 0.25) is 0 Å². The summed E-state index contributed by atoms with van der Waals surface area (Å²) in [7, 11) is 0. The Labute approximate surface area is 102 Å². The van der Waals surface area contributed by atoms with E-state index in [1.54, 1.807) is 5.57 Å². The van der Waals surface area contributed by atoms with Gasteiger partial charge in [0.05, 0.1) is 0 Å². The van der Waals surface area contributed by atoms with Crippen molar-refractivity contribution >= 4 is 0 Å². The molecule has 0 spiro atoms. The number of rotatable bonds is 6. The van der Waals surface area contributed by atoms with Crippen LogP contribution in [0.3, 0.4) is 0 Å². The van der Waals surface area contributed by atoms with E-state index in [4.69, 9.17) is 0 Å². The van der Waals surface area contributed by atoms with Crippen LogP contribution in [0.5, 0.6) is 0 Å². The van der Waals surface area contributed by atoms with Crippen LogP contribution in [0, 0.1) is 11.8 Å². The lowest BCUT2D eigenvalue weighted by molar-refractivity contribution is 0.357. The monoisotopic (exact) mass is 223 g/mol. The highest BCUT2D eigenvalue weighted by Crippen LogP contribution is 2.27. The van der Waals surface area contributed by atoms with Gasteiger partial charge in [0.2, 0.25) is 0 Å². The minimum Gasteiger partial charge on any atom is -0.314 e. The third-order valence-electron chi connectivity index (χ3n) is 3.63. The van der Waals surface area contributed by atoms with Crippen LogP contribution in [-0.2, 0) is 0 Å². The first kappa shape index (κ1) is 13.8. The molecule has 1 rings (SSSR count). The fourth-order valence-corrected chi connectivity index (χ4v) is 2.82. The van der Waals surface area contributed by atoms with Crippen LogP contribution < -0.4 is 5.32 Å². The minimum absolute atomic E-state index is 0.696. The molecule has 0 saturated carbocycles. The van der Waals surface area contributed by atoms with E-state index in [2.05, 4.69) is 39.1 Å². The molecule has 0 aromatic heterocycles. The summed E-state index contributed by atoms with van der Waals surface area (Å²) in [6.45, 7) is 10.4. The maximum Gasteiger partial charge on any atom is 0.00388 e. The summed E-state index contributed by atoms with van der Waals surface area (Å²) in [5.41, 5.74) is 1.59. The highest BCUT2D eigenvalue weighted by atomic mass is 14.9. The van der Waals surface area contributed by atoms with Crippen LogP contribution in [0.4, 0.5) is 0 Å². The largest absolute Gasteiger partial charge is 0.314 e. The summed E-state index contributed by atoms with van der Waals surface area (Å²) >= 11 is 0. The lowest BCUT2D eigenvalue weighted by Gasteiger charge is -2.27. The molecule has 1 heteroatoms. The summed E-state index contributed by atoms with van der Waals surface area (Å²) in [6.07, 6.45) is 9.11. The summed E-state index contributed by atoms with van der Waals surface area (Å²) in [5, 5.41) is 3.70. The van der Waals surface area contributed by atoms with Crippen LogP contribution in [0.1, 0.15) is 59.8 Å². The van der Waals surface area contributed by atoms with Gasteiger partial charge in [-0.25, -0.2) is 0 Å². The number of allylic oxidation sites excluding steroid dienone is 2. The van der Waals surface area contributed by atoms with Gasteiger partial charge in [0.15, 0.2) is 0 Å². The van der Waals surface area contributed by atoms with Crippen molar-refractivity contribution in [1.29, 1.82) is 0 Å². The van der Waals surface area contributed by atoms with Gasteiger partial charge in [-0.3, -0.25) is 0 Å². The fraction of sp³-hybridized carbons (Fsp3) is 0.867. The number of hydrogen-bond acceptors (Lipinski definition) is 1. The molecule has 1 N–H and O–H groups in total. The van der Waals surface area contributed by atoms with Gasteiger partial charge in [-0.15, -0.1) is 0 Å². The van der Waals surface area contributed by atoms with Gasteiger partial charge in [0.1, 0.15) is 0 Å². The first-order chi connectivity index (χ1) is 7.61. The molecule has 0 fully saturated rings. The van der Waals surface area contributed by atoms with Gasteiger partial charge < -0.3 is 5.32 Å². The second kappa shape index (κ2) is 7.11. The van der Waals surface area contributed by atoms with Crippen molar-refractivity contribution in [3.8, 4) is 0 Å². The van der Waals surface area contributed by atoms with E-state index in [1.165, 1.54) is 38.6 Å². The van der Waals surface area contributed by atoms with E-state index in [1.807, 2.05) is 0 Å². The van der Waals surface area contributed by atoms with E-state index in [-0.39, 0.29) is 0 Å². The summed E-state index contributed by atoms with van der Waals surface area (Å²) < 4.78 is 0. The Balaban J connectivity index is 2.20. The van der Waals surface area contributed by atoms with Crippen molar-refractivity contribution in [3.63, 3.8) is 0 Å². The zero-order valence-corrected chi connectivity index (χ0v) is 11.6. The van der Waals surface area contributed by atoms with E-state index >= 15 is 0 Å². The van der Waals surface area contributed by atoms with Crippen LogP contribution in [0.15, 0.2) is 11.6 Å². The van der Waals surface area contributed by atoms with Crippen molar-refractivity contribution < 1.29 is 0 Å². The molecule has 1 nitrogen and oxygen atoms in total. The number of unbranched alkanes of at least 4 members (excludes halogenated alkanes) is 1. The van der Waals surface area contributed by atoms with Gasteiger partial charge >= 0.3 is 0 Å². The van der Waals surface area contributed by atoms with Gasteiger partial charge in [-0.05, 0) is 51.5 Å². The Hall–Kier alpha value is -0.300. The number of nitrogens with one attached hydrogen (secondary N) is 1. The second-order valence-corrected chi connectivity index (χ2v) is 5.75. The third kappa shape index (κ3) is 5.16. The smallest absolute Gasteiger partial charge is 0.00388 e. The van der Waals surface area contributed by atoms with Crippen molar-refractivity contribution in [2.75, 3.05) is 6.54 Å². The molecular weight excluding hydrogens is 194 g/mol. The first-order valence-electron chi connectivity index (χ1n) is 7.02. The average molecular weight is 223 g/mol. The summed E-state index contributed by atoms with van der Waals surface area (Å²) in [6, 6.07) is 0.696. The topological polar surface area (TPSA) is 12.0 Å². The van der Waals surface area contributed by atoms with Crippen molar-refractivity contribution in [2.45, 2.75) is 65.8 Å². The fourth-order valence-electron chi connectivity index (χ4n) is 2.82. The molecule has 3 unspecified atom stereocenters. The maximum absolute atomic E-state index is 3.70. The predicted molar refractivity (Wildman–Crippen MR) is 72.6 cm³/mol. The van der Waals surface area contributed by atoms with Crippen molar-refractivity contribution in [2.24, 2.45) is 11.8 Å². The molecule has 0 bridgehead atoms. The molecule has 0 aliphatic heterocycles. The van der Waals surface area contributed by atoms with E-state index in [0.717, 1.165) is 11.8 Å². The highest BCUT2D eigenvalue weighted by molar-refractivity contribution is 5.06. The minimum atomic E-state index is 0.696. The van der Waals surface area contributed by atoms with Gasteiger partial charge in [0, 0.05) is 6.04 Å². The molecule has 3 atom stereocenters. The third-order valence-corrected chi connectivity index (χ3v) is 3.63. The molecular formula is C15H29N. The zero-order valence-electron chi connectivity index (χ0n) is 11.6. The standard InChI is InChI=1S/C15H29N/c1-5-6-7-14(4)16-11-15-9-12(2)8-13(3)10-15/h8,12,14-16H,5-7,9-11H2,1-4H3. The molecule has 0 amide bonds. The van der Waals surface area contributed by atoms with Crippen LogP contribution in [0.25, 0.3) is 0 Å². The Morgan fingerprint density at radius 2 is 2.25 bits per heavy atom. The first-order valence-corrected chi connectivity index (χ1v) is 7.02. The Morgan fingerprint density at radius 1 is 1.50 bits per heavy atom. The van der Waals surface area contributed by atoms with E-state index in [0.29, 0.717) is 6.04 Å². The van der Waals surface area contributed by atoms with Gasteiger partial charge in [-0.2, -0.15) is 0 Å². The quantitative estimate of drug-likeness (QED) is 0.667. The highest BCUT2D eigenvalue weighted by Gasteiger charge is 2.18. The molecule has 94 valence electrons. The van der Waals surface area contributed by atoms with Crippen molar-refractivity contribution in [1.82, 2.24) is 5.32 Å². The lowest BCUT2D eigenvalue weighted by Crippen LogP contribution is -2.32. The van der Waals surface area contributed by atoms with Crippen LogP contribution >= 0.6 is 0 Å². The van der Waals surface area contributed by atoms with Gasteiger partial charge in [0.25, 0.3) is 0 Å².